The Morgan fingerprint density at radius 3 is 2.75 bits per heavy atom. The van der Waals surface area contributed by atoms with E-state index >= 15 is 0 Å². The molecule has 2 aromatic heterocycles. The normalized spacial score (nSPS) is 14.4. The number of anilines is 1. The fraction of sp³-hybridized carbons (Fsp3) is 0.407. The van der Waals surface area contributed by atoms with Gasteiger partial charge in [-0.05, 0) is 50.6 Å². The van der Waals surface area contributed by atoms with Crippen LogP contribution in [0.25, 0.3) is 21.2 Å². The van der Waals surface area contributed by atoms with Crippen LogP contribution in [0.15, 0.2) is 46.9 Å². The maximum atomic E-state index is 13.8. The van der Waals surface area contributed by atoms with E-state index in [0.717, 1.165) is 60.6 Å². The quantitative estimate of drug-likeness (QED) is 0.290. The number of hydrogen-bond acceptors (Lipinski definition) is 8. The van der Waals surface area contributed by atoms with Crippen molar-refractivity contribution in [3.8, 4) is 11.5 Å². The third-order valence-electron chi connectivity index (χ3n) is 6.11. The topological polar surface area (TPSA) is 77.3 Å². The van der Waals surface area contributed by atoms with Crippen LogP contribution in [0, 0.1) is 0 Å². The lowest BCUT2D eigenvalue weighted by atomic mass is 10.2. The lowest BCUT2D eigenvalue weighted by Crippen LogP contribution is -2.39. The van der Waals surface area contributed by atoms with Gasteiger partial charge in [-0.25, -0.2) is 4.98 Å². The van der Waals surface area contributed by atoms with Crippen molar-refractivity contribution in [3.63, 3.8) is 0 Å². The first-order valence-corrected chi connectivity index (χ1v) is 13.3. The molecule has 1 saturated heterocycles. The maximum Gasteiger partial charge on any atom is 0.295 e. The van der Waals surface area contributed by atoms with Gasteiger partial charge in [0, 0.05) is 31.6 Å². The van der Waals surface area contributed by atoms with Gasteiger partial charge in [0.1, 0.15) is 5.75 Å². The SMILES string of the molecule is CCOc1ccc2nc(N(CCCN3CCOCC3)C(=O)c3cc4cccc(OCC)c4o3)sc2c1. The van der Waals surface area contributed by atoms with Crippen LogP contribution in [0.1, 0.15) is 30.8 Å². The molecule has 2 aromatic carbocycles. The standard InChI is InChI=1S/C27H31N3O5S/c1-3-33-20-9-10-21-24(18-20)36-27(28-21)30(12-6-11-29-13-15-32-16-14-29)26(31)23-17-19-7-5-8-22(34-4-2)25(19)35-23/h5,7-10,17-18H,3-4,6,11-16H2,1-2H3. The van der Waals surface area contributed by atoms with Gasteiger partial charge in [-0.1, -0.05) is 23.5 Å². The smallest absolute Gasteiger partial charge is 0.295 e. The minimum Gasteiger partial charge on any atom is -0.494 e. The van der Waals surface area contributed by atoms with E-state index in [1.165, 1.54) is 11.3 Å². The lowest BCUT2D eigenvalue weighted by molar-refractivity contribution is 0.0376. The lowest BCUT2D eigenvalue weighted by Gasteiger charge is -2.27. The molecule has 4 aromatic rings. The van der Waals surface area contributed by atoms with Crippen LogP contribution in [0.3, 0.4) is 0 Å². The molecule has 0 radical (unpaired) electrons. The zero-order valence-corrected chi connectivity index (χ0v) is 21.5. The van der Waals surface area contributed by atoms with Gasteiger partial charge in [0.2, 0.25) is 0 Å². The van der Waals surface area contributed by atoms with Crippen LogP contribution in [0.4, 0.5) is 5.13 Å². The van der Waals surface area contributed by atoms with Gasteiger partial charge in [0.25, 0.3) is 5.91 Å². The van der Waals surface area contributed by atoms with E-state index in [9.17, 15) is 4.79 Å². The number of thiazole rings is 1. The van der Waals surface area contributed by atoms with Gasteiger partial charge in [-0.3, -0.25) is 14.6 Å². The highest BCUT2D eigenvalue weighted by molar-refractivity contribution is 7.22. The Hall–Kier alpha value is -3.14. The van der Waals surface area contributed by atoms with Crippen molar-refractivity contribution in [1.29, 1.82) is 0 Å². The van der Waals surface area contributed by atoms with Crippen LogP contribution >= 0.6 is 11.3 Å². The summed E-state index contributed by atoms with van der Waals surface area (Å²) in [4.78, 5) is 22.7. The van der Waals surface area contributed by atoms with Crippen LogP contribution < -0.4 is 14.4 Å². The number of morpholine rings is 1. The predicted molar refractivity (Wildman–Crippen MR) is 142 cm³/mol. The highest BCUT2D eigenvalue weighted by Crippen LogP contribution is 2.34. The highest BCUT2D eigenvalue weighted by atomic mass is 32.1. The first-order valence-electron chi connectivity index (χ1n) is 12.5. The predicted octanol–water partition coefficient (Wildman–Crippen LogP) is 5.21. The Morgan fingerprint density at radius 1 is 1.11 bits per heavy atom. The molecule has 1 aliphatic rings. The summed E-state index contributed by atoms with van der Waals surface area (Å²) in [6, 6.07) is 13.3. The van der Waals surface area contributed by atoms with Crippen LogP contribution in [-0.4, -0.2) is 68.4 Å². The fourth-order valence-electron chi connectivity index (χ4n) is 4.37. The molecule has 9 heteroatoms. The number of aromatic nitrogens is 1. The minimum absolute atomic E-state index is 0.209. The summed E-state index contributed by atoms with van der Waals surface area (Å²) in [5.41, 5.74) is 1.43. The third-order valence-corrected chi connectivity index (χ3v) is 7.16. The van der Waals surface area contributed by atoms with Crippen molar-refractivity contribution in [2.75, 3.05) is 57.5 Å². The van der Waals surface area contributed by atoms with Gasteiger partial charge in [0.05, 0.1) is 36.6 Å². The Morgan fingerprint density at radius 2 is 1.94 bits per heavy atom. The minimum atomic E-state index is -0.209. The summed E-state index contributed by atoms with van der Waals surface area (Å²) >= 11 is 1.49. The Balaban J connectivity index is 1.44. The fourth-order valence-corrected chi connectivity index (χ4v) is 5.39. The van der Waals surface area contributed by atoms with Crippen molar-refractivity contribution in [1.82, 2.24) is 9.88 Å². The summed E-state index contributed by atoms with van der Waals surface area (Å²) < 4.78 is 23.8. The van der Waals surface area contributed by atoms with Crippen LogP contribution in [0.2, 0.25) is 0 Å². The van der Waals surface area contributed by atoms with Gasteiger partial charge in [-0.2, -0.15) is 0 Å². The summed E-state index contributed by atoms with van der Waals surface area (Å²) in [6.07, 6.45) is 0.816. The molecule has 1 fully saturated rings. The molecular formula is C27H31N3O5S. The molecule has 0 N–H and O–H groups in total. The van der Waals surface area contributed by atoms with Crippen molar-refractivity contribution in [2.45, 2.75) is 20.3 Å². The number of benzene rings is 2. The second-order valence-electron chi connectivity index (χ2n) is 8.54. The van der Waals surface area contributed by atoms with E-state index in [4.69, 9.17) is 23.6 Å². The molecule has 190 valence electrons. The van der Waals surface area contributed by atoms with E-state index in [-0.39, 0.29) is 11.7 Å². The molecule has 36 heavy (non-hydrogen) atoms. The molecular weight excluding hydrogens is 478 g/mol. The zero-order valence-electron chi connectivity index (χ0n) is 20.7. The van der Waals surface area contributed by atoms with E-state index in [1.54, 1.807) is 11.0 Å². The Kier molecular flexibility index (Phi) is 7.69. The van der Waals surface area contributed by atoms with E-state index in [2.05, 4.69) is 4.90 Å². The van der Waals surface area contributed by atoms with Crippen LogP contribution in [-0.2, 0) is 4.74 Å². The second kappa shape index (κ2) is 11.3. The second-order valence-corrected chi connectivity index (χ2v) is 9.55. The average molecular weight is 510 g/mol. The molecule has 0 saturated carbocycles. The van der Waals surface area contributed by atoms with E-state index in [0.29, 0.717) is 36.2 Å². The molecule has 0 spiro atoms. The Bertz CT molecular complexity index is 1330. The zero-order chi connectivity index (χ0) is 24.9. The number of hydrogen-bond donors (Lipinski definition) is 0. The van der Waals surface area contributed by atoms with Gasteiger partial charge >= 0.3 is 0 Å². The number of carbonyl (C=O) groups excluding carboxylic acids is 1. The largest absolute Gasteiger partial charge is 0.494 e. The van der Waals surface area contributed by atoms with Gasteiger partial charge in [0.15, 0.2) is 22.2 Å². The summed E-state index contributed by atoms with van der Waals surface area (Å²) in [5.74, 6) is 1.50. The number of amides is 1. The highest BCUT2D eigenvalue weighted by Gasteiger charge is 2.25. The first-order chi connectivity index (χ1) is 17.7. The summed E-state index contributed by atoms with van der Waals surface area (Å²) in [6.45, 7) is 9.76. The van der Waals surface area contributed by atoms with E-state index in [1.807, 2.05) is 50.2 Å². The van der Waals surface area contributed by atoms with Crippen molar-refractivity contribution < 1.29 is 23.4 Å². The molecule has 5 rings (SSSR count). The third kappa shape index (κ3) is 5.33. The number of furan rings is 1. The first kappa shape index (κ1) is 24.5. The van der Waals surface area contributed by atoms with Gasteiger partial charge < -0.3 is 18.6 Å². The monoisotopic (exact) mass is 509 g/mol. The molecule has 8 nitrogen and oxygen atoms in total. The molecule has 0 unspecified atom stereocenters. The van der Waals surface area contributed by atoms with Crippen molar-refractivity contribution in [3.05, 3.63) is 48.2 Å². The molecule has 1 aliphatic heterocycles. The molecule has 0 atom stereocenters. The number of ether oxygens (including phenoxy) is 3. The number of rotatable bonds is 10. The Labute approximate surface area is 214 Å². The number of para-hydroxylation sites is 1. The number of fused-ring (bicyclic) bond motifs is 2. The summed E-state index contributed by atoms with van der Waals surface area (Å²) in [5, 5.41) is 1.49. The van der Waals surface area contributed by atoms with Gasteiger partial charge in [-0.15, -0.1) is 0 Å². The molecule has 0 aliphatic carbocycles. The van der Waals surface area contributed by atoms with E-state index < -0.39 is 0 Å². The van der Waals surface area contributed by atoms with Crippen LogP contribution in [0.5, 0.6) is 11.5 Å². The number of carbonyl (C=O) groups is 1. The summed E-state index contributed by atoms with van der Waals surface area (Å²) in [7, 11) is 0. The molecule has 3 heterocycles. The molecule has 0 bridgehead atoms. The number of nitrogens with zero attached hydrogens (tertiary/aromatic N) is 3. The average Bonchev–Trinajstić information content (AvgIpc) is 3.52. The van der Waals surface area contributed by atoms with Crippen molar-refractivity contribution >= 4 is 43.6 Å². The molecule has 1 amide bonds. The van der Waals surface area contributed by atoms with Crippen molar-refractivity contribution in [2.24, 2.45) is 0 Å². The maximum absolute atomic E-state index is 13.8.